The number of aryl methyl sites for hydroxylation is 1. The summed E-state index contributed by atoms with van der Waals surface area (Å²) in [6, 6.07) is 9.66. The molecule has 0 radical (unpaired) electrons. The summed E-state index contributed by atoms with van der Waals surface area (Å²) >= 11 is 1.47. The maximum atomic E-state index is 11.9. The summed E-state index contributed by atoms with van der Waals surface area (Å²) in [6.45, 7) is 2.91. The Bertz CT molecular complexity index is 1060. The molecule has 1 aliphatic carbocycles. The molecule has 0 bridgehead atoms. The smallest absolute Gasteiger partial charge is 0.227 e. The first-order valence-corrected chi connectivity index (χ1v) is 10.3. The van der Waals surface area contributed by atoms with Crippen molar-refractivity contribution in [2.75, 3.05) is 10.6 Å². The number of carbonyl (C=O) groups excluding carboxylic acids is 1. The predicted molar refractivity (Wildman–Crippen MR) is 109 cm³/mol. The number of anilines is 3. The molecule has 0 spiro atoms. The van der Waals surface area contributed by atoms with Gasteiger partial charge in [-0.15, -0.1) is 0 Å². The fourth-order valence-electron chi connectivity index (χ4n) is 3.08. The zero-order chi connectivity index (χ0) is 19.8. The highest BCUT2D eigenvalue weighted by molar-refractivity contribution is 7.99. The largest absolute Gasteiger partial charge is 0.370 e. The highest BCUT2D eigenvalue weighted by Gasteiger charge is 2.29. The van der Waals surface area contributed by atoms with Crippen LogP contribution in [0.3, 0.4) is 0 Å². The van der Waals surface area contributed by atoms with E-state index in [1.165, 1.54) is 11.8 Å². The van der Waals surface area contributed by atoms with Crippen LogP contribution >= 0.6 is 11.8 Å². The maximum absolute atomic E-state index is 11.9. The number of nitrogens with zero attached hydrogens (tertiary/aromatic N) is 3. The first kappa shape index (κ1) is 18.1. The molecule has 0 atom stereocenters. The van der Waals surface area contributed by atoms with Crippen molar-refractivity contribution >= 4 is 35.0 Å². The monoisotopic (exact) mass is 408 g/mol. The Morgan fingerprint density at radius 3 is 2.76 bits per heavy atom. The number of hydrogen-bond donors (Lipinski definition) is 3. The minimum atomic E-state index is 0.108. The van der Waals surface area contributed by atoms with Crippen LogP contribution in [0.1, 0.15) is 29.8 Å². The molecule has 2 aliphatic rings. The summed E-state index contributed by atoms with van der Waals surface area (Å²) in [5.41, 5.74) is 3.64. The number of rotatable bonds is 6. The second kappa shape index (κ2) is 7.49. The first-order chi connectivity index (χ1) is 14.1. The number of H-pyrrole nitrogens is 1. The maximum Gasteiger partial charge on any atom is 0.227 e. The minimum Gasteiger partial charge on any atom is -0.370 e. The number of hydrogen-bond acceptors (Lipinski definition) is 7. The Morgan fingerprint density at radius 2 is 2.03 bits per heavy atom. The second-order valence-corrected chi connectivity index (χ2v) is 8.26. The third kappa shape index (κ3) is 4.10. The van der Waals surface area contributed by atoms with Crippen molar-refractivity contribution in [2.45, 2.75) is 43.0 Å². The zero-order valence-corrected chi connectivity index (χ0v) is 16.7. The Morgan fingerprint density at radius 1 is 1.21 bits per heavy atom. The molecule has 3 N–H and O–H groups in total. The van der Waals surface area contributed by atoms with E-state index in [4.69, 9.17) is 4.74 Å². The van der Waals surface area contributed by atoms with E-state index < -0.39 is 0 Å². The summed E-state index contributed by atoms with van der Waals surface area (Å²) in [4.78, 5) is 22.2. The normalized spacial score (nSPS) is 15.2. The number of amides is 1. The van der Waals surface area contributed by atoms with E-state index in [0.29, 0.717) is 24.2 Å². The van der Waals surface area contributed by atoms with Crippen LogP contribution < -0.4 is 10.6 Å². The lowest BCUT2D eigenvalue weighted by Gasteiger charge is -2.10. The molecule has 3 heterocycles. The van der Waals surface area contributed by atoms with Crippen LogP contribution in [0.2, 0.25) is 0 Å². The van der Waals surface area contributed by atoms with Gasteiger partial charge in [-0.1, -0.05) is 0 Å². The van der Waals surface area contributed by atoms with Gasteiger partial charge in [-0.05, 0) is 55.8 Å². The number of carbonyl (C=O) groups is 1. The van der Waals surface area contributed by atoms with Crippen molar-refractivity contribution < 1.29 is 9.53 Å². The SMILES string of the molecule is Cc1cc(Nc2nc(Sc3ccc(NC(=O)C4CC4)cc3)nc3c2COC3)n[nH]1. The van der Waals surface area contributed by atoms with E-state index in [1.807, 2.05) is 37.3 Å². The van der Waals surface area contributed by atoms with Crippen LogP contribution in [-0.2, 0) is 22.7 Å². The van der Waals surface area contributed by atoms with Gasteiger partial charge in [-0.3, -0.25) is 9.89 Å². The quantitative estimate of drug-likeness (QED) is 0.533. The molecule has 1 saturated carbocycles. The number of aromatic amines is 1. The van der Waals surface area contributed by atoms with E-state index in [9.17, 15) is 4.79 Å². The van der Waals surface area contributed by atoms with Gasteiger partial charge in [0.2, 0.25) is 5.91 Å². The molecule has 0 saturated heterocycles. The Kier molecular flexibility index (Phi) is 4.69. The van der Waals surface area contributed by atoms with Crippen LogP contribution in [0.4, 0.5) is 17.3 Å². The van der Waals surface area contributed by atoms with Crippen LogP contribution in [0, 0.1) is 12.8 Å². The summed E-state index contributed by atoms with van der Waals surface area (Å²) in [5.74, 6) is 1.73. The highest BCUT2D eigenvalue weighted by atomic mass is 32.2. The van der Waals surface area contributed by atoms with Crippen molar-refractivity contribution in [1.82, 2.24) is 20.2 Å². The topological polar surface area (TPSA) is 105 Å². The molecule has 1 aromatic carbocycles. The summed E-state index contributed by atoms with van der Waals surface area (Å²) in [5, 5.41) is 14.0. The molecule has 3 aromatic rings. The van der Waals surface area contributed by atoms with Crippen LogP contribution in [0.5, 0.6) is 0 Å². The van der Waals surface area contributed by atoms with Gasteiger partial charge >= 0.3 is 0 Å². The van der Waals surface area contributed by atoms with Crippen LogP contribution in [0.15, 0.2) is 40.4 Å². The average Bonchev–Trinajstić information content (AvgIpc) is 3.32. The van der Waals surface area contributed by atoms with E-state index in [0.717, 1.165) is 46.2 Å². The molecule has 1 fully saturated rings. The van der Waals surface area contributed by atoms with E-state index in [-0.39, 0.29) is 11.8 Å². The predicted octanol–water partition coefficient (Wildman–Crippen LogP) is 3.78. The van der Waals surface area contributed by atoms with Gasteiger partial charge in [-0.2, -0.15) is 5.10 Å². The van der Waals surface area contributed by atoms with Crippen LogP contribution in [-0.4, -0.2) is 26.1 Å². The van der Waals surface area contributed by atoms with Crippen molar-refractivity contribution in [3.8, 4) is 0 Å². The molecule has 1 aliphatic heterocycles. The molecule has 8 nitrogen and oxygen atoms in total. The third-order valence-corrected chi connectivity index (χ3v) is 5.66. The molecule has 9 heteroatoms. The van der Waals surface area contributed by atoms with Gasteiger partial charge in [0, 0.05) is 33.8 Å². The van der Waals surface area contributed by atoms with Crippen molar-refractivity contribution in [1.29, 1.82) is 0 Å². The molecule has 1 amide bonds. The lowest BCUT2D eigenvalue weighted by molar-refractivity contribution is -0.117. The Labute approximate surface area is 171 Å². The molecule has 0 unspecified atom stereocenters. The molecular formula is C20H20N6O2S. The van der Waals surface area contributed by atoms with Crippen molar-refractivity contribution in [3.05, 3.63) is 47.3 Å². The second-order valence-electron chi connectivity index (χ2n) is 7.22. The van der Waals surface area contributed by atoms with Gasteiger partial charge in [0.15, 0.2) is 11.0 Å². The van der Waals surface area contributed by atoms with Gasteiger partial charge in [0.05, 0.1) is 18.9 Å². The number of nitrogens with one attached hydrogen (secondary N) is 3. The lowest BCUT2D eigenvalue weighted by Crippen LogP contribution is -2.12. The summed E-state index contributed by atoms with van der Waals surface area (Å²) in [7, 11) is 0. The summed E-state index contributed by atoms with van der Waals surface area (Å²) < 4.78 is 5.56. The molecular weight excluding hydrogens is 388 g/mol. The highest BCUT2D eigenvalue weighted by Crippen LogP contribution is 2.33. The fourth-order valence-corrected chi connectivity index (χ4v) is 3.86. The van der Waals surface area contributed by atoms with Crippen molar-refractivity contribution in [2.24, 2.45) is 5.92 Å². The zero-order valence-electron chi connectivity index (χ0n) is 15.9. The Balaban J connectivity index is 1.34. The van der Waals surface area contributed by atoms with Gasteiger partial charge in [0.25, 0.3) is 0 Å². The fraction of sp³-hybridized carbons (Fsp3) is 0.300. The van der Waals surface area contributed by atoms with E-state index in [1.54, 1.807) is 0 Å². The third-order valence-electron chi connectivity index (χ3n) is 4.79. The van der Waals surface area contributed by atoms with Crippen LogP contribution in [0.25, 0.3) is 0 Å². The van der Waals surface area contributed by atoms with Gasteiger partial charge < -0.3 is 15.4 Å². The minimum absolute atomic E-state index is 0.108. The van der Waals surface area contributed by atoms with Gasteiger partial charge in [-0.25, -0.2) is 9.97 Å². The number of fused-ring (bicyclic) bond motifs is 1. The first-order valence-electron chi connectivity index (χ1n) is 9.49. The Hall–Kier alpha value is -2.91. The standard InChI is InChI=1S/C20H20N6O2S/c1-11-8-17(26-25-11)23-18-15-9-28-10-16(15)22-20(24-18)29-14-6-4-13(5-7-14)21-19(27)12-2-3-12/h4-8,12H,2-3,9-10H2,1H3,(H,21,27)(H2,22,23,24,25,26). The van der Waals surface area contributed by atoms with Gasteiger partial charge in [0.1, 0.15) is 5.82 Å². The number of aromatic nitrogens is 4. The molecule has 2 aromatic heterocycles. The molecule has 29 heavy (non-hydrogen) atoms. The van der Waals surface area contributed by atoms with E-state index >= 15 is 0 Å². The lowest BCUT2D eigenvalue weighted by atomic mass is 10.2. The number of benzene rings is 1. The average molecular weight is 408 g/mol. The number of ether oxygens (including phenoxy) is 1. The van der Waals surface area contributed by atoms with Crippen molar-refractivity contribution in [3.63, 3.8) is 0 Å². The summed E-state index contributed by atoms with van der Waals surface area (Å²) in [6.07, 6.45) is 1.99. The molecule has 148 valence electrons. The molecule has 5 rings (SSSR count). The van der Waals surface area contributed by atoms with E-state index in [2.05, 4.69) is 30.8 Å².